The van der Waals surface area contributed by atoms with E-state index in [0.29, 0.717) is 11.5 Å². The van der Waals surface area contributed by atoms with Crippen molar-refractivity contribution in [3.8, 4) is 11.5 Å². The first-order valence-corrected chi connectivity index (χ1v) is 11.6. The monoisotopic (exact) mass is 458 g/mol. The van der Waals surface area contributed by atoms with Crippen LogP contribution in [0.25, 0.3) is 0 Å². The number of rotatable bonds is 12. The standard InChI is InChI=1S/C22H28F2O6S/c1-22(2,16-4-8-19(9-5-16)28-13-12-21(23)24)17-6-10-20(11-7-17)29-14-18(25)15-30-31(3,26)27/h4-11,18,21,25H,12-15H2,1-3H3. The van der Waals surface area contributed by atoms with E-state index in [2.05, 4.69) is 18.0 Å². The molecule has 2 rings (SSSR count). The number of hydrogen-bond acceptors (Lipinski definition) is 6. The summed E-state index contributed by atoms with van der Waals surface area (Å²) in [6.45, 7) is 3.61. The summed E-state index contributed by atoms with van der Waals surface area (Å²) in [7, 11) is -3.62. The average Bonchev–Trinajstić information content (AvgIpc) is 2.70. The van der Waals surface area contributed by atoms with Crippen LogP contribution < -0.4 is 9.47 Å². The number of alkyl halides is 2. The summed E-state index contributed by atoms with van der Waals surface area (Å²) in [5, 5.41) is 9.75. The highest BCUT2D eigenvalue weighted by molar-refractivity contribution is 7.85. The highest BCUT2D eigenvalue weighted by Crippen LogP contribution is 2.33. The van der Waals surface area contributed by atoms with Crippen LogP contribution in [0.15, 0.2) is 48.5 Å². The molecule has 9 heteroatoms. The first-order chi connectivity index (χ1) is 14.5. The quantitative estimate of drug-likeness (QED) is 0.488. The van der Waals surface area contributed by atoms with Crippen molar-refractivity contribution >= 4 is 10.1 Å². The van der Waals surface area contributed by atoms with E-state index in [1.165, 1.54) is 0 Å². The van der Waals surface area contributed by atoms with Gasteiger partial charge in [-0.15, -0.1) is 0 Å². The van der Waals surface area contributed by atoms with Gasteiger partial charge in [0.15, 0.2) is 0 Å². The highest BCUT2D eigenvalue weighted by atomic mass is 32.2. The van der Waals surface area contributed by atoms with Crippen LogP contribution in [0.2, 0.25) is 0 Å². The molecule has 0 spiro atoms. The second-order valence-corrected chi connectivity index (χ2v) is 9.30. The fourth-order valence-electron chi connectivity index (χ4n) is 2.81. The molecule has 0 fully saturated rings. The molecule has 172 valence electrons. The lowest BCUT2D eigenvalue weighted by Crippen LogP contribution is -2.25. The molecule has 0 saturated heterocycles. The second-order valence-electron chi connectivity index (χ2n) is 7.66. The van der Waals surface area contributed by atoms with Crippen molar-refractivity contribution in [2.75, 3.05) is 26.1 Å². The molecule has 0 bridgehead atoms. The van der Waals surface area contributed by atoms with E-state index in [4.69, 9.17) is 9.47 Å². The van der Waals surface area contributed by atoms with Gasteiger partial charge in [-0.3, -0.25) is 4.18 Å². The number of aliphatic hydroxyl groups is 1. The third-order valence-corrected chi connectivity index (χ3v) is 5.24. The van der Waals surface area contributed by atoms with Crippen LogP contribution in [0.3, 0.4) is 0 Å². The summed E-state index contributed by atoms with van der Waals surface area (Å²) < 4.78 is 61.6. The van der Waals surface area contributed by atoms with Crippen LogP contribution in [0.5, 0.6) is 11.5 Å². The zero-order chi connectivity index (χ0) is 23.1. The summed E-state index contributed by atoms with van der Waals surface area (Å²) in [5.41, 5.74) is 1.71. The first-order valence-electron chi connectivity index (χ1n) is 9.74. The van der Waals surface area contributed by atoms with Crippen LogP contribution >= 0.6 is 0 Å². The van der Waals surface area contributed by atoms with Crippen LogP contribution in [0.4, 0.5) is 8.78 Å². The highest BCUT2D eigenvalue weighted by Gasteiger charge is 2.23. The Bertz CT molecular complexity index is 912. The van der Waals surface area contributed by atoms with E-state index in [1.807, 2.05) is 24.3 Å². The molecular formula is C22H28F2O6S. The average molecular weight is 459 g/mol. The Hall–Kier alpha value is -2.23. The molecule has 0 amide bonds. The summed E-state index contributed by atoms with van der Waals surface area (Å²) in [4.78, 5) is 0. The molecule has 6 nitrogen and oxygen atoms in total. The van der Waals surface area contributed by atoms with Gasteiger partial charge in [0, 0.05) is 11.8 Å². The van der Waals surface area contributed by atoms with Crippen molar-refractivity contribution in [3.63, 3.8) is 0 Å². The molecule has 0 heterocycles. The summed E-state index contributed by atoms with van der Waals surface area (Å²) in [5.74, 6) is 1.07. The summed E-state index contributed by atoms with van der Waals surface area (Å²) in [6, 6.07) is 14.7. The van der Waals surface area contributed by atoms with Crippen LogP contribution in [0.1, 0.15) is 31.4 Å². The molecule has 0 aliphatic rings. The van der Waals surface area contributed by atoms with Crippen molar-refractivity contribution < 1.29 is 36.0 Å². The normalized spacial score (nSPS) is 13.3. The number of halogens is 2. The third-order valence-electron chi connectivity index (χ3n) is 4.67. The predicted octanol–water partition coefficient (Wildman–Crippen LogP) is 3.76. The Kier molecular flexibility index (Phi) is 8.79. The lowest BCUT2D eigenvalue weighted by atomic mass is 9.78. The fraction of sp³-hybridized carbons (Fsp3) is 0.455. The van der Waals surface area contributed by atoms with E-state index in [-0.39, 0.29) is 31.7 Å². The Morgan fingerprint density at radius 1 is 0.903 bits per heavy atom. The van der Waals surface area contributed by atoms with Gasteiger partial charge in [-0.2, -0.15) is 8.42 Å². The molecule has 0 aromatic heterocycles. The zero-order valence-corrected chi connectivity index (χ0v) is 18.6. The molecule has 1 unspecified atom stereocenters. The van der Waals surface area contributed by atoms with Crippen LogP contribution in [0, 0.1) is 0 Å². The van der Waals surface area contributed by atoms with E-state index < -0.39 is 22.6 Å². The smallest absolute Gasteiger partial charge is 0.264 e. The van der Waals surface area contributed by atoms with Gasteiger partial charge >= 0.3 is 0 Å². The Balaban J connectivity index is 1.94. The topological polar surface area (TPSA) is 82.1 Å². The molecule has 2 aromatic carbocycles. The molecule has 0 aliphatic heterocycles. The van der Waals surface area contributed by atoms with Crippen molar-refractivity contribution in [2.45, 2.75) is 38.2 Å². The first kappa shape index (κ1) is 25.0. The largest absolute Gasteiger partial charge is 0.493 e. The number of ether oxygens (including phenoxy) is 2. The molecule has 0 radical (unpaired) electrons. The van der Waals surface area contributed by atoms with Gasteiger partial charge in [-0.05, 0) is 35.4 Å². The number of benzene rings is 2. The maximum absolute atomic E-state index is 12.2. The van der Waals surface area contributed by atoms with E-state index in [9.17, 15) is 22.3 Å². The van der Waals surface area contributed by atoms with E-state index in [0.717, 1.165) is 17.4 Å². The van der Waals surface area contributed by atoms with Crippen molar-refractivity contribution in [3.05, 3.63) is 59.7 Å². The number of aliphatic hydroxyl groups excluding tert-OH is 1. The zero-order valence-electron chi connectivity index (χ0n) is 17.8. The predicted molar refractivity (Wildman–Crippen MR) is 113 cm³/mol. The minimum absolute atomic E-state index is 0.0308. The lowest BCUT2D eigenvalue weighted by Gasteiger charge is -2.26. The SMILES string of the molecule is CC(C)(c1ccc(OCCC(F)F)cc1)c1ccc(OCC(O)COS(C)(=O)=O)cc1. The molecular weight excluding hydrogens is 430 g/mol. The number of hydrogen-bond donors (Lipinski definition) is 1. The van der Waals surface area contributed by atoms with Crippen LogP contribution in [-0.2, 0) is 19.7 Å². The van der Waals surface area contributed by atoms with Gasteiger partial charge in [-0.1, -0.05) is 38.1 Å². The molecule has 0 saturated carbocycles. The minimum Gasteiger partial charge on any atom is -0.493 e. The Morgan fingerprint density at radius 2 is 1.39 bits per heavy atom. The van der Waals surface area contributed by atoms with Gasteiger partial charge in [0.05, 0.1) is 19.5 Å². The molecule has 2 aromatic rings. The van der Waals surface area contributed by atoms with Gasteiger partial charge in [0.25, 0.3) is 10.1 Å². The van der Waals surface area contributed by atoms with Crippen molar-refractivity contribution in [2.24, 2.45) is 0 Å². The maximum Gasteiger partial charge on any atom is 0.264 e. The summed E-state index contributed by atoms with van der Waals surface area (Å²) >= 11 is 0. The van der Waals surface area contributed by atoms with Gasteiger partial charge in [0.2, 0.25) is 6.43 Å². The third kappa shape index (κ3) is 8.43. The van der Waals surface area contributed by atoms with Crippen molar-refractivity contribution in [1.82, 2.24) is 0 Å². The molecule has 1 atom stereocenters. The maximum atomic E-state index is 12.2. The van der Waals surface area contributed by atoms with Crippen LogP contribution in [-0.4, -0.2) is 52.1 Å². The Morgan fingerprint density at radius 3 is 1.84 bits per heavy atom. The lowest BCUT2D eigenvalue weighted by molar-refractivity contribution is 0.0652. The van der Waals surface area contributed by atoms with Gasteiger partial charge in [0.1, 0.15) is 24.2 Å². The van der Waals surface area contributed by atoms with Crippen molar-refractivity contribution in [1.29, 1.82) is 0 Å². The summed E-state index contributed by atoms with van der Waals surface area (Å²) in [6.07, 6.45) is -2.85. The Labute approximate surface area is 181 Å². The molecule has 0 aliphatic carbocycles. The second kappa shape index (κ2) is 10.9. The van der Waals surface area contributed by atoms with E-state index in [1.54, 1.807) is 24.3 Å². The molecule has 31 heavy (non-hydrogen) atoms. The minimum atomic E-state index is -3.62. The fourth-order valence-corrected chi connectivity index (χ4v) is 3.22. The molecule has 1 N–H and O–H groups in total. The van der Waals surface area contributed by atoms with E-state index >= 15 is 0 Å². The van der Waals surface area contributed by atoms with Gasteiger partial charge < -0.3 is 14.6 Å². The van der Waals surface area contributed by atoms with Gasteiger partial charge in [-0.25, -0.2) is 8.78 Å².